The SMILES string of the molecule is CCOC(=O)CCC(=O)OC=O. The third kappa shape index (κ3) is 5.40. The molecule has 0 spiro atoms. The van der Waals surface area contributed by atoms with Crippen LogP contribution < -0.4 is 0 Å². The maximum absolute atomic E-state index is 10.6. The molecule has 0 N–H and O–H groups in total. The molecule has 68 valence electrons. The Morgan fingerprint density at radius 2 is 1.83 bits per heavy atom. The number of ether oxygens (including phenoxy) is 2. The van der Waals surface area contributed by atoms with Gasteiger partial charge in [-0.1, -0.05) is 0 Å². The summed E-state index contributed by atoms with van der Waals surface area (Å²) in [7, 11) is 0. The monoisotopic (exact) mass is 174 g/mol. The van der Waals surface area contributed by atoms with Crippen molar-refractivity contribution < 1.29 is 23.9 Å². The summed E-state index contributed by atoms with van der Waals surface area (Å²) in [4.78, 5) is 30.8. The molecule has 0 heterocycles. The number of rotatable bonds is 5. The van der Waals surface area contributed by atoms with Crippen molar-refractivity contribution in [2.75, 3.05) is 6.61 Å². The number of hydrogen-bond acceptors (Lipinski definition) is 5. The van der Waals surface area contributed by atoms with Crippen molar-refractivity contribution in [3.05, 3.63) is 0 Å². The predicted octanol–water partition coefficient (Wildman–Crippen LogP) is 0.0293. The van der Waals surface area contributed by atoms with E-state index in [1.807, 2.05) is 0 Å². The summed E-state index contributed by atoms with van der Waals surface area (Å²) in [6.45, 7) is 1.98. The van der Waals surface area contributed by atoms with Crippen LogP contribution in [0.1, 0.15) is 19.8 Å². The highest BCUT2D eigenvalue weighted by atomic mass is 16.6. The van der Waals surface area contributed by atoms with E-state index in [-0.39, 0.29) is 25.9 Å². The van der Waals surface area contributed by atoms with Gasteiger partial charge in [0.1, 0.15) is 0 Å². The molecule has 0 atom stereocenters. The fraction of sp³-hybridized carbons (Fsp3) is 0.571. The molecule has 0 amide bonds. The lowest BCUT2D eigenvalue weighted by atomic mass is 10.3. The number of esters is 2. The summed E-state index contributed by atoms with van der Waals surface area (Å²) < 4.78 is 8.48. The van der Waals surface area contributed by atoms with Crippen molar-refractivity contribution in [1.82, 2.24) is 0 Å². The zero-order valence-corrected chi connectivity index (χ0v) is 6.74. The van der Waals surface area contributed by atoms with Gasteiger partial charge in [0.25, 0.3) is 0 Å². The van der Waals surface area contributed by atoms with E-state index in [2.05, 4.69) is 9.47 Å². The first-order valence-electron chi connectivity index (χ1n) is 3.49. The van der Waals surface area contributed by atoms with E-state index in [9.17, 15) is 14.4 Å². The van der Waals surface area contributed by atoms with Gasteiger partial charge in [-0.2, -0.15) is 0 Å². The van der Waals surface area contributed by atoms with Crippen molar-refractivity contribution in [2.24, 2.45) is 0 Å². The minimum Gasteiger partial charge on any atom is -0.466 e. The van der Waals surface area contributed by atoms with Crippen LogP contribution in [0.15, 0.2) is 0 Å². The average Bonchev–Trinajstić information content (AvgIpc) is 2.02. The van der Waals surface area contributed by atoms with Gasteiger partial charge in [0, 0.05) is 0 Å². The van der Waals surface area contributed by atoms with Crippen molar-refractivity contribution in [2.45, 2.75) is 19.8 Å². The topological polar surface area (TPSA) is 69.7 Å². The second-order valence-corrected chi connectivity index (χ2v) is 1.89. The van der Waals surface area contributed by atoms with Crippen LogP contribution >= 0.6 is 0 Å². The van der Waals surface area contributed by atoms with Crippen LogP contribution in [0.5, 0.6) is 0 Å². The maximum Gasteiger partial charge on any atom is 0.313 e. The molecule has 0 aromatic heterocycles. The van der Waals surface area contributed by atoms with Gasteiger partial charge >= 0.3 is 18.4 Å². The molecule has 0 radical (unpaired) electrons. The molecule has 0 aliphatic carbocycles. The van der Waals surface area contributed by atoms with Crippen LogP contribution in [0, 0.1) is 0 Å². The van der Waals surface area contributed by atoms with Gasteiger partial charge in [0.15, 0.2) is 0 Å². The van der Waals surface area contributed by atoms with Gasteiger partial charge < -0.3 is 9.47 Å². The quantitative estimate of drug-likeness (QED) is 0.334. The second-order valence-electron chi connectivity index (χ2n) is 1.89. The molecule has 0 aliphatic rings. The fourth-order valence-corrected chi connectivity index (χ4v) is 0.550. The zero-order chi connectivity index (χ0) is 9.40. The van der Waals surface area contributed by atoms with E-state index in [0.717, 1.165) is 0 Å². The maximum atomic E-state index is 10.6. The Kier molecular flexibility index (Phi) is 5.60. The van der Waals surface area contributed by atoms with Crippen LogP contribution in [0.3, 0.4) is 0 Å². The minimum absolute atomic E-state index is 0.0352. The van der Waals surface area contributed by atoms with E-state index in [1.165, 1.54) is 0 Å². The normalized spacial score (nSPS) is 8.75. The molecule has 0 aromatic carbocycles. The van der Waals surface area contributed by atoms with Gasteiger partial charge in [-0.3, -0.25) is 14.4 Å². The van der Waals surface area contributed by atoms with Crippen LogP contribution in [-0.2, 0) is 23.9 Å². The molecule has 0 saturated heterocycles. The lowest BCUT2D eigenvalue weighted by Crippen LogP contribution is -2.09. The molecule has 5 heteroatoms. The van der Waals surface area contributed by atoms with Gasteiger partial charge in [0.2, 0.25) is 0 Å². The Morgan fingerprint density at radius 1 is 1.25 bits per heavy atom. The lowest BCUT2D eigenvalue weighted by molar-refractivity contribution is -0.154. The standard InChI is InChI=1S/C7H10O5/c1-2-11-6(9)3-4-7(10)12-5-8/h5H,2-4H2,1H3. The summed E-state index contributed by atoms with van der Waals surface area (Å²) >= 11 is 0. The van der Waals surface area contributed by atoms with E-state index >= 15 is 0 Å². The van der Waals surface area contributed by atoms with Gasteiger partial charge in [-0.15, -0.1) is 0 Å². The van der Waals surface area contributed by atoms with Crippen LogP contribution in [0.4, 0.5) is 0 Å². The molecule has 0 aliphatic heterocycles. The van der Waals surface area contributed by atoms with Crippen molar-refractivity contribution >= 4 is 18.4 Å². The first-order chi connectivity index (χ1) is 5.70. The van der Waals surface area contributed by atoms with Crippen LogP contribution in [-0.4, -0.2) is 25.0 Å². The molecular formula is C7H10O5. The largest absolute Gasteiger partial charge is 0.466 e. The first kappa shape index (κ1) is 10.6. The molecule has 5 nitrogen and oxygen atoms in total. The summed E-state index contributed by atoms with van der Waals surface area (Å²) in [6, 6.07) is 0. The number of carbonyl (C=O) groups is 3. The Bertz CT molecular complexity index is 175. The lowest BCUT2D eigenvalue weighted by Gasteiger charge is -1.98. The Morgan fingerprint density at radius 3 is 2.33 bits per heavy atom. The summed E-state index contributed by atoms with van der Waals surface area (Å²) in [5.41, 5.74) is 0. The third-order valence-electron chi connectivity index (χ3n) is 1.02. The molecule has 12 heavy (non-hydrogen) atoms. The third-order valence-corrected chi connectivity index (χ3v) is 1.02. The summed E-state index contributed by atoms with van der Waals surface area (Å²) in [5, 5.41) is 0. The van der Waals surface area contributed by atoms with E-state index < -0.39 is 11.9 Å². The van der Waals surface area contributed by atoms with Gasteiger partial charge in [-0.05, 0) is 6.92 Å². The smallest absolute Gasteiger partial charge is 0.313 e. The molecular weight excluding hydrogens is 164 g/mol. The highest BCUT2D eigenvalue weighted by Crippen LogP contribution is 1.94. The predicted molar refractivity (Wildman–Crippen MR) is 38.0 cm³/mol. The molecule has 0 saturated carbocycles. The molecule has 0 rings (SSSR count). The van der Waals surface area contributed by atoms with Gasteiger partial charge in [0.05, 0.1) is 19.4 Å². The molecule has 0 bridgehead atoms. The van der Waals surface area contributed by atoms with Gasteiger partial charge in [-0.25, -0.2) is 0 Å². The van der Waals surface area contributed by atoms with Crippen molar-refractivity contribution in [1.29, 1.82) is 0 Å². The average molecular weight is 174 g/mol. The second kappa shape index (κ2) is 6.33. The fourth-order valence-electron chi connectivity index (χ4n) is 0.550. The summed E-state index contributed by atoms with van der Waals surface area (Å²) in [6.07, 6.45) is -0.182. The zero-order valence-electron chi connectivity index (χ0n) is 6.74. The summed E-state index contributed by atoms with van der Waals surface area (Å²) in [5.74, 6) is -1.20. The van der Waals surface area contributed by atoms with Crippen LogP contribution in [0.2, 0.25) is 0 Å². The Hall–Kier alpha value is -1.39. The molecule has 0 unspecified atom stereocenters. The molecule has 0 fully saturated rings. The highest BCUT2D eigenvalue weighted by molar-refractivity contribution is 5.80. The van der Waals surface area contributed by atoms with Crippen LogP contribution in [0.25, 0.3) is 0 Å². The number of hydrogen-bond donors (Lipinski definition) is 0. The van der Waals surface area contributed by atoms with E-state index in [0.29, 0.717) is 0 Å². The number of carbonyl (C=O) groups excluding carboxylic acids is 3. The molecule has 0 aromatic rings. The van der Waals surface area contributed by atoms with Crippen molar-refractivity contribution in [3.63, 3.8) is 0 Å². The van der Waals surface area contributed by atoms with E-state index in [4.69, 9.17) is 0 Å². The van der Waals surface area contributed by atoms with E-state index in [1.54, 1.807) is 6.92 Å². The first-order valence-corrected chi connectivity index (χ1v) is 3.49. The highest BCUT2D eigenvalue weighted by Gasteiger charge is 2.07. The Labute approximate surface area is 69.6 Å². The van der Waals surface area contributed by atoms with Crippen molar-refractivity contribution in [3.8, 4) is 0 Å². The Balaban J connectivity index is 3.46. The minimum atomic E-state index is -0.724.